The predicted molar refractivity (Wildman–Crippen MR) is 132 cm³/mol. The van der Waals surface area contributed by atoms with Gasteiger partial charge in [0.25, 0.3) is 0 Å². The summed E-state index contributed by atoms with van der Waals surface area (Å²) in [5.74, 6) is 1.40. The van der Waals surface area contributed by atoms with Crippen LogP contribution in [0.1, 0.15) is 5.56 Å². The molecule has 3 rings (SSSR count). The van der Waals surface area contributed by atoms with Gasteiger partial charge in [-0.2, -0.15) is 0 Å². The molecule has 2 atom stereocenters. The number of benzene rings is 3. The lowest BCUT2D eigenvalue weighted by Crippen LogP contribution is -2.42. The summed E-state index contributed by atoms with van der Waals surface area (Å²) < 4.78 is 11.3. The highest BCUT2D eigenvalue weighted by Gasteiger charge is 2.18. The molecule has 0 saturated carbocycles. The molecule has 7 heteroatoms. The fraction of sp³-hybridized carbons (Fsp3) is 0.308. The fourth-order valence-electron chi connectivity index (χ4n) is 3.38. The SMILES string of the molecule is O[C@H](COc1ccccc1)CN(CCc1ccc(Cl)cc1Cl)C[C@@H](O)COc1ccccc1. The maximum atomic E-state index is 10.6. The molecule has 3 aromatic rings. The van der Waals surface area contributed by atoms with E-state index in [0.29, 0.717) is 47.6 Å². The Labute approximate surface area is 205 Å². The standard InChI is InChI=1S/C26H29Cl2NO4/c27-21-12-11-20(26(28)15-21)13-14-29(16-22(30)18-32-24-7-3-1-4-8-24)17-23(31)19-33-25-9-5-2-6-10-25/h1-12,15,22-23,30-31H,13-14,16-19H2/t22-,23+. The maximum Gasteiger partial charge on any atom is 0.119 e. The van der Waals surface area contributed by atoms with Crippen LogP contribution in [0.15, 0.2) is 78.9 Å². The molecule has 0 saturated heterocycles. The fourth-order valence-corrected chi connectivity index (χ4v) is 3.88. The quantitative estimate of drug-likeness (QED) is 0.363. The van der Waals surface area contributed by atoms with Crippen molar-refractivity contribution in [2.75, 3.05) is 32.8 Å². The summed E-state index contributed by atoms with van der Waals surface area (Å²) in [4.78, 5) is 1.99. The minimum Gasteiger partial charge on any atom is -0.491 e. The Morgan fingerprint density at radius 2 is 1.24 bits per heavy atom. The van der Waals surface area contributed by atoms with Crippen LogP contribution in [0.2, 0.25) is 10.0 Å². The van der Waals surface area contributed by atoms with Crippen molar-refractivity contribution in [3.8, 4) is 11.5 Å². The Bertz CT molecular complexity index is 908. The van der Waals surface area contributed by atoms with Gasteiger partial charge >= 0.3 is 0 Å². The van der Waals surface area contributed by atoms with Crippen molar-refractivity contribution in [2.24, 2.45) is 0 Å². The average molecular weight is 490 g/mol. The molecule has 176 valence electrons. The number of hydrogen-bond acceptors (Lipinski definition) is 5. The van der Waals surface area contributed by atoms with Gasteiger partial charge in [0, 0.05) is 29.7 Å². The van der Waals surface area contributed by atoms with Gasteiger partial charge in [-0.05, 0) is 48.4 Å². The third kappa shape index (κ3) is 9.24. The number of halogens is 2. The van der Waals surface area contributed by atoms with Crippen molar-refractivity contribution < 1.29 is 19.7 Å². The van der Waals surface area contributed by atoms with Crippen LogP contribution in [0, 0.1) is 0 Å². The van der Waals surface area contributed by atoms with E-state index >= 15 is 0 Å². The van der Waals surface area contributed by atoms with E-state index in [4.69, 9.17) is 32.7 Å². The van der Waals surface area contributed by atoms with Crippen LogP contribution >= 0.6 is 23.2 Å². The lowest BCUT2D eigenvalue weighted by atomic mass is 10.1. The summed E-state index contributed by atoms with van der Waals surface area (Å²) >= 11 is 12.3. The second-order valence-corrected chi connectivity index (χ2v) is 8.64. The van der Waals surface area contributed by atoms with E-state index < -0.39 is 12.2 Å². The normalized spacial score (nSPS) is 13.0. The van der Waals surface area contributed by atoms with Gasteiger partial charge in [-0.3, -0.25) is 4.90 Å². The maximum absolute atomic E-state index is 10.6. The Morgan fingerprint density at radius 1 is 0.727 bits per heavy atom. The first kappa shape index (κ1) is 25.3. The third-order valence-electron chi connectivity index (χ3n) is 5.02. The number of aliphatic hydroxyl groups is 2. The highest BCUT2D eigenvalue weighted by atomic mass is 35.5. The number of rotatable bonds is 13. The molecular weight excluding hydrogens is 461 g/mol. The van der Waals surface area contributed by atoms with Crippen LogP contribution in [-0.4, -0.2) is 60.2 Å². The lowest BCUT2D eigenvalue weighted by molar-refractivity contribution is 0.0318. The molecule has 0 unspecified atom stereocenters. The van der Waals surface area contributed by atoms with E-state index in [0.717, 1.165) is 5.56 Å². The molecule has 0 bridgehead atoms. The lowest BCUT2D eigenvalue weighted by Gasteiger charge is -2.27. The topological polar surface area (TPSA) is 62.2 Å². The van der Waals surface area contributed by atoms with Gasteiger partial charge in [-0.25, -0.2) is 0 Å². The summed E-state index contributed by atoms with van der Waals surface area (Å²) in [5, 5.41) is 22.3. The van der Waals surface area contributed by atoms with Crippen LogP contribution in [0.5, 0.6) is 11.5 Å². The zero-order valence-corrected chi connectivity index (χ0v) is 19.8. The third-order valence-corrected chi connectivity index (χ3v) is 5.61. The van der Waals surface area contributed by atoms with Crippen molar-refractivity contribution in [3.05, 3.63) is 94.5 Å². The molecule has 0 aromatic heterocycles. The number of aliphatic hydroxyl groups excluding tert-OH is 2. The monoisotopic (exact) mass is 489 g/mol. The van der Waals surface area contributed by atoms with Crippen LogP contribution < -0.4 is 9.47 Å². The average Bonchev–Trinajstić information content (AvgIpc) is 2.82. The second kappa shape index (κ2) is 13.4. The van der Waals surface area contributed by atoms with Crippen molar-refractivity contribution in [1.82, 2.24) is 4.90 Å². The number of nitrogens with zero attached hydrogens (tertiary/aromatic N) is 1. The molecule has 0 radical (unpaired) electrons. The zero-order valence-electron chi connectivity index (χ0n) is 18.3. The predicted octanol–water partition coefficient (Wildman–Crippen LogP) is 4.72. The molecule has 0 amide bonds. The summed E-state index contributed by atoms with van der Waals surface area (Å²) in [6.45, 7) is 1.56. The van der Waals surface area contributed by atoms with Crippen molar-refractivity contribution >= 4 is 23.2 Å². The van der Waals surface area contributed by atoms with Gasteiger partial charge in [0.15, 0.2) is 0 Å². The molecule has 33 heavy (non-hydrogen) atoms. The van der Waals surface area contributed by atoms with Gasteiger partial charge in [0.1, 0.15) is 36.9 Å². The van der Waals surface area contributed by atoms with E-state index in [2.05, 4.69) is 0 Å². The first-order valence-electron chi connectivity index (χ1n) is 10.9. The van der Waals surface area contributed by atoms with E-state index in [-0.39, 0.29) is 13.2 Å². The largest absolute Gasteiger partial charge is 0.491 e. The van der Waals surface area contributed by atoms with Crippen molar-refractivity contribution in [3.63, 3.8) is 0 Å². The first-order valence-corrected chi connectivity index (χ1v) is 11.6. The molecule has 0 aliphatic carbocycles. The van der Waals surface area contributed by atoms with Gasteiger partial charge in [-0.1, -0.05) is 65.7 Å². The molecule has 0 fully saturated rings. The molecule has 3 aromatic carbocycles. The van der Waals surface area contributed by atoms with Crippen molar-refractivity contribution in [2.45, 2.75) is 18.6 Å². The Balaban J connectivity index is 1.56. The summed E-state index contributed by atoms with van der Waals surface area (Å²) in [6, 6.07) is 24.1. The second-order valence-electron chi connectivity index (χ2n) is 7.80. The van der Waals surface area contributed by atoms with E-state index in [1.807, 2.05) is 71.6 Å². The Kier molecular flexibility index (Phi) is 10.3. The number of hydrogen-bond donors (Lipinski definition) is 2. The molecule has 2 N–H and O–H groups in total. The van der Waals surface area contributed by atoms with Crippen molar-refractivity contribution in [1.29, 1.82) is 0 Å². The van der Waals surface area contributed by atoms with Crippen LogP contribution in [0.4, 0.5) is 0 Å². The van der Waals surface area contributed by atoms with Gasteiger partial charge in [0.05, 0.1) is 0 Å². The minimum atomic E-state index is -0.729. The summed E-state index contributed by atoms with van der Waals surface area (Å²) in [7, 11) is 0. The first-order chi connectivity index (χ1) is 16.0. The number of ether oxygens (including phenoxy) is 2. The van der Waals surface area contributed by atoms with E-state index in [1.165, 1.54) is 0 Å². The molecule has 0 aliphatic heterocycles. The van der Waals surface area contributed by atoms with Crippen LogP contribution in [0.3, 0.4) is 0 Å². The molecular formula is C26H29Cl2NO4. The van der Waals surface area contributed by atoms with E-state index in [1.54, 1.807) is 12.1 Å². The summed E-state index contributed by atoms with van der Waals surface area (Å²) in [6.07, 6.45) is -0.810. The Morgan fingerprint density at radius 3 is 1.73 bits per heavy atom. The molecule has 5 nitrogen and oxygen atoms in total. The minimum absolute atomic E-state index is 0.152. The smallest absolute Gasteiger partial charge is 0.119 e. The van der Waals surface area contributed by atoms with Crippen LogP contribution in [-0.2, 0) is 6.42 Å². The van der Waals surface area contributed by atoms with Gasteiger partial charge in [0.2, 0.25) is 0 Å². The molecule has 0 aliphatic rings. The van der Waals surface area contributed by atoms with Crippen LogP contribution in [0.25, 0.3) is 0 Å². The van der Waals surface area contributed by atoms with Gasteiger partial charge < -0.3 is 19.7 Å². The van der Waals surface area contributed by atoms with E-state index in [9.17, 15) is 10.2 Å². The highest BCUT2D eigenvalue weighted by molar-refractivity contribution is 6.35. The molecule has 0 spiro atoms. The Hall–Kier alpha value is -2.28. The zero-order chi connectivity index (χ0) is 23.5. The number of para-hydroxylation sites is 2. The highest BCUT2D eigenvalue weighted by Crippen LogP contribution is 2.21. The van der Waals surface area contributed by atoms with Gasteiger partial charge in [-0.15, -0.1) is 0 Å². The summed E-state index contributed by atoms with van der Waals surface area (Å²) in [5.41, 5.74) is 0.955. The molecule has 0 heterocycles.